The van der Waals surface area contributed by atoms with Crippen LogP contribution in [0.25, 0.3) is 10.2 Å². The van der Waals surface area contributed by atoms with Crippen molar-refractivity contribution in [3.8, 4) is 0 Å². The molecule has 1 aliphatic rings. The van der Waals surface area contributed by atoms with Crippen LogP contribution in [-0.4, -0.2) is 36.3 Å². The van der Waals surface area contributed by atoms with E-state index in [1.165, 1.54) is 27.0 Å². The molecule has 1 unspecified atom stereocenters. The summed E-state index contributed by atoms with van der Waals surface area (Å²) in [7, 11) is -1.66. The Morgan fingerprint density at radius 3 is 2.89 bits per heavy atom. The average Bonchev–Trinajstić information content (AvgIpc) is 3.31. The molecule has 0 spiro atoms. The maximum Gasteiger partial charge on any atom is 0.252 e. The molecule has 1 fully saturated rings. The molecule has 148 valence electrons. The summed E-state index contributed by atoms with van der Waals surface area (Å²) in [5.41, 5.74) is 1.00. The lowest BCUT2D eigenvalue weighted by Crippen LogP contribution is -2.42. The molecule has 2 aromatic heterocycles. The minimum absolute atomic E-state index is 0.183. The summed E-state index contributed by atoms with van der Waals surface area (Å²) in [5.74, 6) is -0.673. The highest BCUT2D eigenvalue weighted by molar-refractivity contribution is 9.10. The lowest BCUT2D eigenvalue weighted by atomic mass is 9.99. The number of thiazole rings is 1. The largest absolute Gasteiger partial charge is 0.319 e. The van der Waals surface area contributed by atoms with Crippen molar-refractivity contribution in [3.63, 3.8) is 0 Å². The third-order valence-electron chi connectivity index (χ3n) is 4.80. The first-order valence-electron chi connectivity index (χ1n) is 8.73. The number of aromatic nitrogens is 1. The molecule has 1 atom stereocenters. The average molecular weight is 500 g/mol. The van der Waals surface area contributed by atoms with Crippen LogP contribution in [0.2, 0.25) is 0 Å². The number of thiophene rings is 1. The fourth-order valence-electron chi connectivity index (χ4n) is 3.30. The summed E-state index contributed by atoms with van der Waals surface area (Å²) in [6, 6.07) is 9.26. The Bertz CT molecular complexity index is 1200. The highest BCUT2D eigenvalue weighted by Gasteiger charge is 2.33. The van der Waals surface area contributed by atoms with Gasteiger partial charge >= 0.3 is 0 Å². The zero-order valence-electron chi connectivity index (χ0n) is 15.0. The van der Waals surface area contributed by atoms with Crippen LogP contribution in [0, 0.1) is 5.92 Å². The van der Waals surface area contributed by atoms with Crippen LogP contribution in [0.4, 0.5) is 0 Å². The Hall–Kier alpha value is -1.33. The Balaban J connectivity index is 1.60. The zero-order chi connectivity index (χ0) is 19.9. The molecule has 0 bridgehead atoms. The van der Waals surface area contributed by atoms with E-state index in [2.05, 4.69) is 20.9 Å². The highest BCUT2D eigenvalue weighted by Crippen LogP contribution is 2.27. The molecule has 1 aliphatic heterocycles. The quantitative estimate of drug-likeness (QED) is 0.552. The van der Waals surface area contributed by atoms with Gasteiger partial charge in [0.25, 0.3) is 15.9 Å². The number of benzene rings is 1. The van der Waals surface area contributed by atoms with Crippen LogP contribution in [0.5, 0.6) is 0 Å². The zero-order valence-corrected chi connectivity index (χ0v) is 19.1. The Labute approximate surface area is 179 Å². The Morgan fingerprint density at radius 2 is 2.14 bits per heavy atom. The summed E-state index contributed by atoms with van der Waals surface area (Å²) in [6.07, 6.45) is 1.31. The molecular weight excluding hydrogens is 482 g/mol. The number of sulfonamides is 1. The fraction of sp³-hybridized carbons (Fsp3) is 0.333. The molecular formula is C18H18BrN3O3S3. The van der Waals surface area contributed by atoms with E-state index >= 15 is 0 Å². The second-order valence-electron chi connectivity index (χ2n) is 6.64. The van der Waals surface area contributed by atoms with Crippen LogP contribution in [0.3, 0.4) is 0 Å². The van der Waals surface area contributed by atoms with Crippen molar-refractivity contribution in [1.82, 2.24) is 8.87 Å². The van der Waals surface area contributed by atoms with E-state index in [1.807, 2.05) is 29.8 Å². The number of amides is 1. The molecule has 4 rings (SSSR count). The molecule has 1 saturated heterocycles. The molecule has 3 aromatic rings. The number of nitrogens with zero attached hydrogens (tertiary/aromatic N) is 3. The Morgan fingerprint density at radius 1 is 1.32 bits per heavy atom. The minimum atomic E-state index is -3.54. The van der Waals surface area contributed by atoms with Crippen LogP contribution >= 0.6 is 38.6 Å². The van der Waals surface area contributed by atoms with Gasteiger partial charge < -0.3 is 4.57 Å². The first kappa shape index (κ1) is 20.0. The maximum atomic E-state index is 12.8. The SMILES string of the molecule is Cn1c(=NC(=O)C2CCCN(S(=O)(=O)c3cccs3)C2)sc2cc(Br)ccc21. The van der Waals surface area contributed by atoms with Gasteiger partial charge in [-0.3, -0.25) is 4.79 Å². The molecule has 10 heteroatoms. The second-order valence-corrected chi connectivity index (χ2v) is 11.7. The number of halogens is 1. The van der Waals surface area contributed by atoms with Gasteiger partial charge in [-0.05, 0) is 42.5 Å². The van der Waals surface area contributed by atoms with E-state index < -0.39 is 15.9 Å². The first-order chi connectivity index (χ1) is 13.4. The second kappa shape index (κ2) is 7.83. The maximum absolute atomic E-state index is 12.8. The summed E-state index contributed by atoms with van der Waals surface area (Å²) in [5, 5.41) is 1.74. The first-order valence-corrected chi connectivity index (χ1v) is 12.7. The number of rotatable bonds is 3. The normalized spacial score (nSPS) is 19.4. The summed E-state index contributed by atoms with van der Waals surface area (Å²) in [6.45, 7) is 0.622. The molecule has 0 saturated carbocycles. The molecule has 3 heterocycles. The van der Waals surface area contributed by atoms with Crippen molar-refractivity contribution >= 4 is 64.8 Å². The standard InChI is InChI=1S/C18H18BrN3O3S3/c1-21-14-7-6-13(19)10-15(14)27-18(21)20-17(23)12-4-2-8-22(11-12)28(24,25)16-5-3-9-26-16/h3,5-7,9-10,12H,2,4,8,11H2,1H3. The highest BCUT2D eigenvalue weighted by atomic mass is 79.9. The molecule has 0 aliphatic carbocycles. The number of aryl methyl sites for hydroxylation is 1. The van der Waals surface area contributed by atoms with E-state index in [1.54, 1.807) is 17.5 Å². The van der Waals surface area contributed by atoms with E-state index in [9.17, 15) is 13.2 Å². The number of fused-ring (bicyclic) bond motifs is 1. The van der Waals surface area contributed by atoms with Gasteiger partial charge in [-0.1, -0.05) is 33.3 Å². The van der Waals surface area contributed by atoms with Gasteiger partial charge in [-0.15, -0.1) is 11.3 Å². The molecule has 6 nitrogen and oxygen atoms in total. The minimum Gasteiger partial charge on any atom is -0.319 e. The van der Waals surface area contributed by atoms with E-state index in [4.69, 9.17) is 0 Å². The summed E-state index contributed by atoms with van der Waals surface area (Å²) >= 11 is 6.11. The van der Waals surface area contributed by atoms with E-state index in [-0.39, 0.29) is 12.5 Å². The van der Waals surface area contributed by atoms with Crippen LogP contribution in [-0.2, 0) is 21.9 Å². The van der Waals surface area contributed by atoms with Crippen LogP contribution in [0.1, 0.15) is 12.8 Å². The fourth-order valence-corrected chi connectivity index (χ4v) is 7.54. The van der Waals surface area contributed by atoms with E-state index in [0.29, 0.717) is 28.4 Å². The number of carbonyl (C=O) groups excluding carboxylic acids is 1. The van der Waals surface area contributed by atoms with Gasteiger partial charge in [0, 0.05) is 24.6 Å². The van der Waals surface area contributed by atoms with Crippen molar-refractivity contribution in [2.24, 2.45) is 18.0 Å². The predicted octanol–water partition coefficient (Wildman–Crippen LogP) is 3.59. The predicted molar refractivity (Wildman–Crippen MR) is 115 cm³/mol. The Kier molecular flexibility index (Phi) is 5.58. The number of piperidine rings is 1. The monoisotopic (exact) mass is 499 g/mol. The number of hydrogen-bond donors (Lipinski definition) is 0. The lowest BCUT2D eigenvalue weighted by Gasteiger charge is -2.29. The number of carbonyl (C=O) groups is 1. The van der Waals surface area contributed by atoms with Crippen molar-refractivity contribution in [2.75, 3.05) is 13.1 Å². The summed E-state index contributed by atoms with van der Waals surface area (Å²) < 4.78 is 31.2. The van der Waals surface area contributed by atoms with Gasteiger partial charge in [0.15, 0.2) is 4.80 Å². The molecule has 0 radical (unpaired) electrons. The van der Waals surface area contributed by atoms with Crippen LogP contribution < -0.4 is 4.80 Å². The van der Waals surface area contributed by atoms with Gasteiger partial charge in [-0.25, -0.2) is 8.42 Å². The van der Waals surface area contributed by atoms with Gasteiger partial charge in [0.2, 0.25) is 0 Å². The molecule has 28 heavy (non-hydrogen) atoms. The molecule has 1 amide bonds. The molecule has 0 N–H and O–H groups in total. The third kappa shape index (κ3) is 3.76. The van der Waals surface area contributed by atoms with E-state index in [0.717, 1.165) is 14.7 Å². The van der Waals surface area contributed by atoms with Gasteiger partial charge in [0.1, 0.15) is 4.21 Å². The van der Waals surface area contributed by atoms with Gasteiger partial charge in [-0.2, -0.15) is 9.30 Å². The van der Waals surface area contributed by atoms with Crippen molar-refractivity contribution < 1.29 is 13.2 Å². The van der Waals surface area contributed by atoms with Crippen molar-refractivity contribution in [2.45, 2.75) is 17.1 Å². The van der Waals surface area contributed by atoms with Crippen LogP contribution in [0.15, 0.2) is 49.4 Å². The number of hydrogen-bond acceptors (Lipinski definition) is 5. The topological polar surface area (TPSA) is 71.7 Å². The smallest absolute Gasteiger partial charge is 0.252 e. The van der Waals surface area contributed by atoms with Crippen molar-refractivity contribution in [3.05, 3.63) is 45.0 Å². The third-order valence-corrected chi connectivity index (χ3v) is 9.63. The molecule has 1 aromatic carbocycles. The lowest BCUT2D eigenvalue weighted by molar-refractivity contribution is -0.122. The summed E-state index contributed by atoms with van der Waals surface area (Å²) in [4.78, 5) is 17.8. The van der Waals surface area contributed by atoms with Crippen molar-refractivity contribution in [1.29, 1.82) is 0 Å². The van der Waals surface area contributed by atoms with Gasteiger partial charge in [0.05, 0.1) is 16.1 Å².